The monoisotopic (exact) mass is 400 g/mol. The lowest BCUT2D eigenvalue weighted by Gasteiger charge is -2.36. The van der Waals surface area contributed by atoms with Crippen LogP contribution in [0, 0.1) is 11.3 Å². The number of piperidine rings is 1. The molecule has 0 aliphatic carbocycles. The van der Waals surface area contributed by atoms with E-state index in [0.717, 1.165) is 24.8 Å². The number of para-hydroxylation sites is 1. The second-order valence-electron chi connectivity index (χ2n) is 8.83. The van der Waals surface area contributed by atoms with Gasteiger partial charge >= 0.3 is 0 Å². The zero-order chi connectivity index (χ0) is 21.2. The van der Waals surface area contributed by atoms with Crippen LogP contribution >= 0.6 is 0 Å². The van der Waals surface area contributed by atoms with Crippen molar-refractivity contribution in [2.75, 3.05) is 19.7 Å². The molecule has 2 unspecified atom stereocenters. The minimum Gasteiger partial charge on any atom is -0.490 e. The number of carbonyl (C=O) groups is 2. The summed E-state index contributed by atoms with van der Waals surface area (Å²) in [5.74, 6) is 1.27. The van der Waals surface area contributed by atoms with Crippen LogP contribution in [-0.2, 0) is 9.59 Å². The second-order valence-corrected chi connectivity index (χ2v) is 8.83. The van der Waals surface area contributed by atoms with E-state index in [4.69, 9.17) is 9.15 Å². The topological polar surface area (TPSA) is 71.8 Å². The Hall–Kier alpha value is -2.50. The number of amides is 2. The molecule has 1 fully saturated rings. The number of hydrogen-bond acceptors (Lipinski definition) is 4. The van der Waals surface area contributed by atoms with Gasteiger partial charge in [-0.2, -0.15) is 0 Å². The summed E-state index contributed by atoms with van der Waals surface area (Å²) in [6.07, 6.45) is 1.64. The molecular weight excluding hydrogens is 368 g/mol. The SMILES string of the molecule is CCOc1cccc2cc(C(C)NC(=O)C3CCCN(C(=O)C(C)(C)C)C3)oc12. The molecule has 158 valence electrons. The number of nitrogens with zero attached hydrogens (tertiary/aromatic N) is 1. The molecule has 1 saturated heterocycles. The van der Waals surface area contributed by atoms with E-state index < -0.39 is 5.41 Å². The fraction of sp³-hybridized carbons (Fsp3) is 0.565. The Morgan fingerprint density at radius 2 is 2.10 bits per heavy atom. The van der Waals surface area contributed by atoms with Crippen molar-refractivity contribution < 1.29 is 18.7 Å². The van der Waals surface area contributed by atoms with E-state index >= 15 is 0 Å². The lowest BCUT2D eigenvalue weighted by Crippen LogP contribution is -2.48. The van der Waals surface area contributed by atoms with Crippen molar-refractivity contribution in [2.45, 2.75) is 53.5 Å². The molecule has 1 aliphatic heterocycles. The van der Waals surface area contributed by atoms with Crippen LogP contribution < -0.4 is 10.1 Å². The first kappa shape index (κ1) is 21.2. The van der Waals surface area contributed by atoms with Crippen LogP contribution in [0.3, 0.4) is 0 Å². The average molecular weight is 401 g/mol. The molecule has 1 aromatic carbocycles. The van der Waals surface area contributed by atoms with Crippen LogP contribution in [0.25, 0.3) is 11.0 Å². The summed E-state index contributed by atoms with van der Waals surface area (Å²) in [4.78, 5) is 27.3. The van der Waals surface area contributed by atoms with Gasteiger partial charge in [-0.1, -0.05) is 32.9 Å². The maximum absolute atomic E-state index is 12.9. The predicted octanol–water partition coefficient (Wildman–Crippen LogP) is 4.29. The normalized spacial score (nSPS) is 18.5. The molecule has 2 aromatic rings. The summed E-state index contributed by atoms with van der Waals surface area (Å²) in [6.45, 7) is 11.4. The van der Waals surface area contributed by atoms with Crippen molar-refractivity contribution in [2.24, 2.45) is 11.3 Å². The Bertz CT molecular complexity index is 881. The van der Waals surface area contributed by atoms with E-state index in [0.29, 0.717) is 30.2 Å². The number of furan rings is 1. The van der Waals surface area contributed by atoms with Crippen LogP contribution in [-0.4, -0.2) is 36.4 Å². The average Bonchev–Trinajstić information content (AvgIpc) is 3.12. The van der Waals surface area contributed by atoms with Gasteiger partial charge in [0.05, 0.1) is 18.6 Å². The van der Waals surface area contributed by atoms with Gasteiger partial charge in [-0.15, -0.1) is 0 Å². The number of hydrogen-bond donors (Lipinski definition) is 1. The molecule has 0 radical (unpaired) electrons. The van der Waals surface area contributed by atoms with E-state index in [1.807, 2.05) is 63.8 Å². The zero-order valence-corrected chi connectivity index (χ0v) is 18.1. The Morgan fingerprint density at radius 1 is 1.34 bits per heavy atom. The lowest BCUT2D eigenvalue weighted by molar-refractivity contribution is -0.142. The van der Waals surface area contributed by atoms with Gasteiger partial charge in [-0.3, -0.25) is 9.59 Å². The Kier molecular flexibility index (Phi) is 6.20. The van der Waals surface area contributed by atoms with Gasteiger partial charge < -0.3 is 19.4 Å². The maximum Gasteiger partial charge on any atom is 0.227 e. The van der Waals surface area contributed by atoms with Crippen LogP contribution in [0.15, 0.2) is 28.7 Å². The van der Waals surface area contributed by atoms with Crippen LogP contribution in [0.2, 0.25) is 0 Å². The van der Waals surface area contributed by atoms with E-state index in [9.17, 15) is 9.59 Å². The fourth-order valence-corrected chi connectivity index (χ4v) is 3.79. The number of rotatable bonds is 5. The Labute approximate surface area is 172 Å². The number of ether oxygens (including phenoxy) is 1. The van der Waals surface area contributed by atoms with E-state index in [1.165, 1.54) is 0 Å². The minimum absolute atomic E-state index is 0.0330. The third kappa shape index (κ3) is 4.74. The van der Waals surface area contributed by atoms with Crippen molar-refractivity contribution in [3.63, 3.8) is 0 Å². The number of benzene rings is 1. The Morgan fingerprint density at radius 3 is 2.79 bits per heavy atom. The number of likely N-dealkylation sites (tertiary alicyclic amines) is 1. The molecule has 1 aliphatic rings. The standard InChI is InChI=1S/C23H32N2O4/c1-6-28-18-11-7-9-16-13-19(29-20(16)18)15(2)24-21(26)17-10-8-12-25(14-17)22(27)23(3,4)5/h7,9,11,13,15,17H,6,8,10,12,14H2,1-5H3,(H,24,26). The fourth-order valence-electron chi connectivity index (χ4n) is 3.79. The molecule has 2 heterocycles. The molecule has 6 heteroatoms. The summed E-state index contributed by atoms with van der Waals surface area (Å²) in [7, 11) is 0. The molecule has 1 N–H and O–H groups in total. The molecule has 3 rings (SSSR count). The van der Waals surface area contributed by atoms with Gasteiger partial charge in [0, 0.05) is 23.9 Å². The lowest BCUT2D eigenvalue weighted by atomic mass is 9.91. The van der Waals surface area contributed by atoms with Gasteiger partial charge in [0.25, 0.3) is 0 Å². The number of carbonyl (C=O) groups excluding carboxylic acids is 2. The number of fused-ring (bicyclic) bond motifs is 1. The summed E-state index contributed by atoms with van der Waals surface area (Å²) >= 11 is 0. The quantitative estimate of drug-likeness (QED) is 0.812. The van der Waals surface area contributed by atoms with Gasteiger partial charge in [0.1, 0.15) is 5.76 Å². The third-order valence-electron chi connectivity index (χ3n) is 5.33. The largest absolute Gasteiger partial charge is 0.490 e. The zero-order valence-electron chi connectivity index (χ0n) is 18.1. The van der Waals surface area contributed by atoms with E-state index in [1.54, 1.807) is 0 Å². The molecule has 2 amide bonds. The molecular formula is C23H32N2O4. The smallest absolute Gasteiger partial charge is 0.227 e. The van der Waals surface area contributed by atoms with Gasteiger partial charge in [-0.05, 0) is 38.8 Å². The maximum atomic E-state index is 12.9. The highest BCUT2D eigenvalue weighted by atomic mass is 16.5. The van der Waals surface area contributed by atoms with Crippen molar-refractivity contribution in [3.8, 4) is 5.75 Å². The molecule has 0 saturated carbocycles. The highest BCUT2D eigenvalue weighted by molar-refractivity contribution is 5.85. The molecule has 0 spiro atoms. The van der Waals surface area contributed by atoms with Crippen molar-refractivity contribution in [1.29, 1.82) is 0 Å². The molecule has 0 bridgehead atoms. The highest BCUT2D eigenvalue weighted by Gasteiger charge is 2.34. The first-order valence-electron chi connectivity index (χ1n) is 10.5. The molecule has 1 aromatic heterocycles. The summed E-state index contributed by atoms with van der Waals surface area (Å²) in [6, 6.07) is 7.46. The predicted molar refractivity (Wildman–Crippen MR) is 113 cm³/mol. The van der Waals surface area contributed by atoms with Crippen LogP contribution in [0.4, 0.5) is 0 Å². The van der Waals surface area contributed by atoms with Crippen molar-refractivity contribution in [1.82, 2.24) is 10.2 Å². The molecule has 2 atom stereocenters. The van der Waals surface area contributed by atoms with E-state index in [2.05, 4.69) is 5.32 Å². The second kappa shape index (κ2) is 8.47. The number of nitrogens with one attached hydrogen (secondary N) is 1. The van der Waals surface area contributed by atoms with Gasteiger partial charge in [0.2, 0.25) is 11.8 Å². The van der Waals surface area contributed by atoms with Crippen LogP contribution in [0.1, 0.15) is 59.3 Å². The van der Waals surface area contributed by atoms with E-state index in [-0.39, 0.29) is 23.8 Å². The summed E-state index contributed by atoms with van der Waals surface area (Å²) < 4.78 is 11.6. The highest BCUT2D eigenvalue weighted by Crippen LogP contribution is 2.31. The molecule has 6 nitrogen and oxygen atoms in total. The first-order valence-corrected chi connectivity index (χ1v) is 10.5. The molecule has 29 heavy (non-hydrogen) atoms. The van der Waals surface area contributed by atoms with Crippen molar-refractivity contribution in [3.05, 3.63) is 30.0 Å². The van der Waals surface area contributed by atoms with Crippen molar-refractivity contribution >= 4 is 22.8 Å². The summed E-state index contributed by atoms with van der Waals surface area (Å²) in [5, 5.41) is 4.02. The Balaban J connectivity index is 1.68. The first-order chi connectivity index (χ1) is 13.7. The minimum atomic E-state index is -0.432. The summed E-state index contributed by atoms with van der Waals surface area (Å²) in [5.41, 5.74) is 0.267. The van der Waals surface area contributed by atoms with Crippen LogP contribution in [0.5, 0.6) is 5.75 Å². The van der Waals surface area contributed by atoms with Gasteiger partial charge in [-0.25, -0.2) is 0 Å². The third-order valence-corrected chi connectivity index (χ3v) is 5.33. The van der Waals surface area contributed by atoms with Gasteiger partial charge in [0.15, 0.2) is 11.3 Å².